The molecule has 134 valence electrons. The minimum atomic E-state index is 0.0971. The van der Waals surface area contributed by atoms with Crippen molar-refractivity contribution in [1.82, 2.24) is 9.55 Å². The molecule has 0 saturated carbocycles. The lowest BCUT2D eigenvalue weighted by atomic mass is 10.1. The van der Waals surface area contributed by atoms with E-state index in [0.717, 1.165) is 41.1 Å². The molecule has 1 aromatic heterocycles. The van der Waals surface area contributed by atoms with Gasteiger partial charge in [-0.1, -0.05) is 36.7 Å². The van der Waals surface area contributed by atoms with Crippen LogP contribution in [0.1, 0.15) is 37.1 Å². The summed E-state index contributed by atoms with van der Waals surface area (Å²) < 4.78 is 2.28. The molecule has 0 unspecified atom stereocenters. The van der Waals surface area contributed by atoms with E-state index in [1.807, 2.05) is 48.2 Å². The minimum Gasteiger partial charge on any atom is -0.328 e. The molecular formula is C21H22ClN3O. The van der Waals surface area contributed by atoms with Crippen molar-refractivity contribution in [3.63, 3.8) is 0 Å². The van der Waals surface area contributed by atoms with Crippen LogP contribution >= 0.6 is 11.6 Å². The number of halogens is 1. The van der Waals surface area contributed by atoms with Crippen LogP contribution < -0.4 is 4.90 Å². The zero-order valence-corrected chi connectivity index (χ0v) is 15.8. The van der Waals surface area contributed by atoms with Crippen LogP contribution in [0.15, 0.2) is 42.5 Å². The van der Waals surface area contributed by atoms with Crippen molar-refractivity contribution in [3.05, 3.63) is 58.9 Å². The van der Waals surface area contributed by atoms with Crippen molar-refractivity contribution < 1.29 is 4.79 Å². The lowest BCUT2D eigenvalue weighted by Gasteiger charge is -2.20. The van der Waals surface area contributed by atoms with Crippen molar-refractivity contribution in [2.75, 3.05) is 11.4 Å². The normalized spacial score (nSPS) is 17.4. The summed E-state index contributed by atoms with van der Waals surface area (Å²) in [6, 6.07) is 13.9. The third-order valence-corrected chi connectivity index (χ3v) is 5.56. The van der Waals surface area contributed by atoms with Gasteiger partial charge in [0.15, 0.2) is 0 Å². The SMILES string of the molecule is CCCn1c([C@@H]2CC(=O)N(c3cccc(Cl)c3C)C2)nc2ccccc21. The molecule has 2 heterocycles. The van der Waals surface area contributed by atoms with E-state index in [9.17, 15) is 4.79 Å². The lowest BCUT2D eigenvalue weighted by molar-refractivity contribution is -0.117. The van der Waals surface area contributed by atoms with Crippen LogP contribution in [0.25, 0.3) is 11.0 Å². The number of hydrogen-bond acceptors (Lipinski definition) is 2. The number of anilines is 1. The first-order valence-corrected chi connectivity index (χ1v) is 9.48. The number of imidazole rings is 1. The van der Waals surface area contributed by atoms with Gasteiger partial charge >= 0.3 is 0 Å². The molecule has 4 nitrogen and oxygen atoms in total. The van der Waals surface area contributed by atoms with E-state index < -0.39 is 0 Å². The monoisotopic (exact) mass is 367 g/mol. The maximum atomic E-state index is 12.8. The summed E-state index contributed by atoms with van der Waals surface area (Å²) in [5, 5.41) is 0.692. The second-order valence-electron chi connectivity index (χ2n) is 6.90. The Bertz CT molecular complexity index is 979. The van der Waals surface area contributed by atoms with Gasteiger partial charge in [0.25, 0.3) is 0 Å². The van der Waals surface area contributed by atoms with Crippen LogP contribution in [0.3, 0.4) is 0 Å². The number of nitrogens with zero attached hydrogens (tertiary/aromatic N) is 3. The van der Waals surface area contributed by atoms with Gasteiger partial charge in [-0.25, -0.2) is 4.98 Å². The molecule has 0 bridgehead atoms. The molecule has 1 aliphatic heterocycles. The molecule has 26 heavy (non-hydrogen) atoms. The molecule has 0 radical (unpaired) electrons. The fourth-order valence-corrected chi connectivity index (χ4v) is 4.04. The van der Waals surface area contributed by atoms with Gasteiger partial charge in [0.1, 0.15) is 5.82 Å². The number of fused-ring (bicyclic) bond motifs is 1. The molecule has 0 N–H and O–H groups in total. The summed E-state index contributed by atoms with van der Waals surface area (Å²) in [6.07, 6.45) is 1.52. The van der Waals surface area contributed by atoms with E-state index in [2.05, 4.69) is 17.6 Å². The summed E-state index contributed by atoms with van der Waals surface area (Å²) in [7, 11) is 0. The van der Waals surface area contributed by atoms with E-state index in [4.69, 9.17) is 16.6 Å². The van der Waals surface area contributed by atoms with Crippen molar-refractivity contribution >= 4 is 34.2 Å². The zero-order chi connectivity index (χ0) is 18.3. The highest BCUT2D eigenvalue weighted by Crippen LogP contribution is 2.36. The number of rotatable bonds is 4. The van der Waals surface area contributed by atoms with Crippen molar-refractivity contribution in [1.29, 1.82) is 0 Å². The van der Waals surface area contributed by atoms with E-state index in [0.29, 0.717) is 18.0 Å². The maximum Gasteiger partial charge on any atom is 0.227 e. The van der Waals surface area contributed by atoms with Gasteiger partial charge in [-0.15, -0.1) is 0 Å². The smallest absolute Gasteiger partial charge is 0.227 e. The number of carbonyl (C=O) groups excluding carboxylic acids is 1. The molecule has 0 aliphatic carbocycles. The number of para-hydroxylation sites is 2. The fraction of sp³-hybridized carbons (Fsp3) is 0.333. The summed E-state index contributed by atoms with van der Waals surface area (Å²) in [5.74, 6) is 1.25. The number of aromatic nitrogens is 2. The molecule has 3 aromatic rings. The molecule has 1 saturated heterocycles. The first-order chi connectivity index (χ1) is 12.6. The summed E-state index contributed by atoms with van der Waals surface area (Å²) in [6.45, 7) is 5.69. The zero-order valence-electron chi connectivity index (χ0n) is 15.1. The van der Waals surface area contributed by atoms with Crippen molar-refractivity contribution in [3.8, 4) is 0 Å². The van der Waals surface area contributed by atoms with Crippen molar-refractivity contribution in [2.45, 2.75) is 39.2 Å². The lowest BCUT2D eigenvalue weighted by Crippen LogP contribution is -2.25. The number of carbonyl (C=O) groups is 1. The molecule has 2 aromatic carbocycles. The Morgan fingerprint density at radius 3 is 2.81 bits per heavy atom. The van der Waals surface area contributed by atoms with Gasteiger partial charge in [0.05, 0.1) is 11.0 Å². The van der Waals surface area contributed by atoms with Gasteiger partial charge in [-0.2, -0.15) is 0 Å². The Hall–Kier alpha value is -2.33. The molecule has 1 fully saturated rings. The quantitative estimate of drug-likeness (QED) is 0.655. The maximum absolute atomic E-state index is 12.8. The standard InChI is InChI=1S/C21H22ClN3O/c1-3-11-24-19-9-5-4-8-17(19)23-21(24)15-12-20(26)25(13-15)18-10-6-7-16(22)14(18)2/h4-10,15H,3,11-13H2,1-2H3/t15-/m1/s1. The third-order valence-electron chi connectivity index (χ3n) is 5.15. The largest absolute Gasteiger partial charge is 0.328 e. The van der Waals surface area contributed by atoms with Gasteiger partial charge < -0.3 is 9.47 Å². The highest BCUT2D eigenvalue weighted by Gasteiger charge is 2.35. The molecule has 1 aliphatic rings. The number of hydrogen-bond donors (Lipinski definition) is 0. The van der Waals surface area contributed by atoms with E-state index in [1.54, 1.807) is 0 Å². The van der Waals surface area contributed by atoms with Crippen LogP contribution in [0.4, 0.5) is 5.69 Å². The van der Waals surface area contributed by atoms with Crippen LogP contribution in [0.2, 0.25) is 5.02 Å². The number of aryl methyl sites for hydroxylation is 1. The Kier molecular flexibility index (Phi) is 4.45. The minimum absolute atomic E-state index is 0.0971. The van der Waals surface area contributed by atoms with Crippen LogP contribution in [0.5, 0.6) is 0 Å². The molecular weight excluding hydrogens is 346 g/mol. The number of amides is 1. The highest BCUT2D eigenvalue weighted by atomic mass is 35.5. The molecule has 5 heteroatoms. The summed E-state index contributed by atoms with van der Waals surface area (Å²) in [4.78, 5) is 19.5. The van der Waals surface area contributed by atoms with E-state index in [-0.39, 0.29) is 11.8 Å². The predicted molar refractivity (Wildman–Crippen MR) is 106 cm³/mol. The first-order valence-electron chi connectivity index (χ1n) is 9.10. The van der Waals surface area contributed by atoms with Crippen LogP contribution in [-0.4, -0.2) is 22.0 Å². The van der Waals surface area contributed by atoms with E-state index in [1.165, 1.54) is 0 Å². The predicted octanol–water partition coefficient (Wildman–Crippen LogP) is 4.93. The molecule has 0 spiro atoms. The third kappa shape index (κ3) is 2.78. The van der Waals surface area contributed by atoms with Gasteiger partial charge in [-0.3, -0.25) is 4.79 Å². The van der Waals surface area contributed by atoms with Gasteiger partial charge in [0, 0.05) is 36.1 Å². The molecule has 1 atom stereocenters. The summed E-state index contributed by atoms with van der Waals surface area (Å²) >= 11 is 6.26. The van der Waals surface area contributed by atoms with Gasteiger partial charge in [0.2, 0.25) is 5.91 Å². The Morgan fingerprint density at radius 2 is 2.00 bits per heavy atom. The second kappa shape index (κ2) is 6.76. The average molecular weight is 368 g/mol. The fourth-order valence-electron chi connectivity index (χ4n) is 3.87. The first kappa shape index (κ1) is 17.1. The molecule has 4 rings (SSSR count). The molecule has 1 amide bonds. The summed E-state index contributed by atoms with van der Waals surface area (Å²) in [5.41, 5.74) is 4.00. The van der Waals surface area contributed by atoms with Crippen LogP contribution in [0, 0.1) is 6.92 Å². The topological polar surface area (TPSA) is 38.1 Å². The second-order valence-corrected chi connectivity index (χ2v) is 7.31. The number of benzene rings is 2. The Balaban J connectivity index is 1.72. The van der Waals surface area contributed by atoms with Crippen molar-refractivity contribution in [2.24, 2.45) is 0 Å². The van der Waals surface area contributed by atoms with E-state index >= 15 is 0 Å². The van der Waals surface area contributed by atoms with Crippen LogP contribution in [-0.2, 0) is 11.3 Å². The Labute approximate surface area is 158 Å². The highest BCUT2D eigenvalue weighted by molar-refractivity contribution is 6.31. The Morgan fingerprint density at radius 1 is 1.19 bits per heavy atom. The van der Waals surface area contributed by atoms with Gasteiger partial charge in [-0.05, 0) is 43.2 Å². The average Bonchev–Trinajstić information content (AvgIpc) is 3.19.